The van der Waals surface area contributed by atoms with E-state index >= 15 is 0 Å². The number of nitrogens with two attached hydrogens (primary N) is 1. The molecule has 0 aliphatic heterocycles. The van der Waals surface area contributed by atoms with Crippen molar-refractivity contribution in [2.45, 2.75) is 32.6 Å². The summed E-state index contributed by atoms with van der Waals surface area (Å²) in [6, 6.07) is 8.58. The topological polar surface area (TPSA) is 62.9 Å². The van der Waals surface area contributed by atoms with Gasteiger partial charge in [0.15, 0.2) is 0 Å². The third-order valence-electron chi connectivity index (χ3n) is 3.86. The summed E-state index contributed by atoms with van der Waals surface area (Å²) in [7, 11) is 0. The molecule has 0 unspecified atom stereocenters. The summed E-state index contributed by atoms with van der Waals surface area (Å²) < 4.78 is 5.39. The van der Waals surface area contributed by atoms with Crippen LogP contribution in [0, 0.1) is 18.3 Å². The van der Waals surface area contributed by atoms with Crippen molar-refractivity contribution in [3.05, 3.63) is 40.6 Å². The lowest BCUT2D eigenvalue weighted by Gasteiger charge is -2.16. The molecule has 3 nitrogen and oxygen atoms in total. The van der Waals surface area contributed by atoms with E-state index in [0.29, 0.717) is 11.3 Å². The third kappa shape index (κ3) is 1.90. The van der Waals surface area contributed by atoms with Gasteiger partial charge in [-0.25, -0.2) is 0 Å². The number of aryl methyl sites for hydroxylation is 3. The summed E-state index contributed by atoms with van der Waals surface area (Å²) in [5.41, 5.74) is 10.9. The van der Waals surface area contributed by atoms with Crippen LogP contribution in [0.1, 0.15) is 35.3 Å². The highest BCUT2D eigenvalue weighted by Crippen LogP contribution is 2.35. The third-order valence-corrected chi connectivity index (χ3v) is 3.86. The van der Waals surface area contributed by atoms with E-state index in [4.69, 9.17) is 10.2 Å². The van der Waals surface area contributed by atoms with E-state index in [1.807, 2.05) is 6.92 Å². The molecular weight excluding hydrogens is 236 g/mol. The highest BCUT2D eigenvalue weighted by Gasteiger charge is 2.19. The SMILES string of the molecule is Cc1oc(N)c(C#N)c1-c1ccc2c(c1)CCCC2. The summed E-state index contributed by atoms with van der Waals surface area (Å²) in [6.45, 7) is 1.85. The van der Waals surface area contributed by atoms with E-state index < -0.39 is 0 Å². The van der Waals surface area contributed by atoms with Crippen LogP contribution in [0.4, 0.5) is 5.88 Å². The summed E-state index contributed by atoms with van der Waals surface area (Å²) >= 11 is 0. The van der Waals surface area contributed by atoms with Gasteiger partial charge in [0.25, 0.3) is 0 Å². The lowest BCUT2D eigenvalue weighted by Crippen LogP contribution is -2.02. The van der Waals surface area contributed by atoms with E-state index in [0.717, 1.165) is 24.0 Å². The van der Waals surface area contributed by atoms with Gasteiger partial charge in [-0.1, -0.05) is 18.2 Å². The average Bonchev–Trinajstić information content (AvgIpc) is 2.72. The fourth-order valence-corrected chi connectivity index (χ4v) is 2.91. The molecule has 3 heteroatoms. The zero-order valence-electron chi connectivity index (χ0n) is 11.0. The van der Waals surface area contributed by atoms with Crippen LogP contribution in [0.5, 0.6) is 0 Å². The Morgan fingerprint density at radius 3 is 2.68 bits per heavy atom. The Kier molecular flexibility index (Phi) is 2.79. The van der Waals surface area contributed by atoms with Crippen molar-refractivity contribution >= 4 is 5.88 Å². The first kappa shape index (κ1) is 11.9. The van der Waals surface area contributed by atoms with Crippen molar-refractivity contribution in [2.24, 2.45) is 0 Å². The van der Waals surface area contributed by atoms with Gasteiger partial charge in [0.05, 0.1) is 0 Å². The van der Waals surface area contributed by atoms with E-state index in [9.17, 15) is 5.26 Å². The molecule has 1 aliphatic carbocycles. The Morgan fingerprint density at radius 2 is 1.95 bits per heavy atom. The number of rotatable bonds is 1. The van der Waals surface area contributed by atoms with Gasteiger partial charge in [0.1, 0.15) is 17.4 Å². The zero-order chi connectivity index (χ0) is 13.4. The minimum Gasteiger partial charge on any atom is -0.444 e. The number of fused-ring (bicyclic) bond motifs is 1. The van der Waals surface area contributed by atoms with Crippen LogP contribution >= 0.6 is 0 Å². The second kappa shape index (κ2) is 4.47. The molecule has 0 atom stereocenters. The van der Waals surface area contributed by atoms with Gasteiger partial charge in [0.2, 0.25) is 5.88 Å². The van der Waals surface area contributed by atoms with Crippen LogP contribution in [0.2, 0.25) is 0 Å². The maximum absolute atomic E-state index is 9.22. The van der Waals surface area contributed by atoms with Gasteiger partial charge < -0.3 is 10.2 Å². The number of hydrogen-bond acceptors (Lipinski definition) is 3. The highest BCUT2D eigenvalue weighted by molar-refractivity contribution is 5.77. The molecule has 96 valence electrons. The van der Waals surface area contributed by atoms with Crippen LogP contribution in [0.3, 0.4) is 0 Å². The maximum Gasteiger partial charge on any atom is 0.209 e. The lowest BCUT2D eigenvalue weighted by atomic mass is 9.88. The molecule has 0 fully saturated rings. The predicted octanol–water partition coefficient (Wildman–Crippen LogP) is 3.59. The van der Waals surface area contributed by atoms with Crippen molar-refractivity contribution < 1.29 is 4.42 Å². The van der Waals surface area contributed by atoms with E-state index in [2.05, 4.69) is 24.3 Å². The van der Waals surface area contributed by atoms with Crippen molar-refractivity contribution in [1.29, 1.82) is 5.26 Å². The average molecular weight is 252 g/mol. The number of nitriles is 1. The number of benzene rings is 1. The van der Waals surface area contributed by atoms with Crippen LogP contribution in [0.25, 0.3) is 11.1 Å². The van der Waals surface area contributed by atoms with Crippen molar-refractivity contribution in [3.8, 4) is 17.2 Å². The summed E-state index contributed by atoms with van der Waals surface area (Å²) in [5, 5.41) is 9.22. The van der Waals surface area contributed by atoms with Gasteiger partial charge in [-0.3, -0.25) is 0 Å². The van der Waals surface area contributed by atoms with Crippen LogP contribution in [-0.4, -0.2) is 0 Å². The fourth-order valence-electron chi connectivity index (χ4n) is 2.91. The largest absolute Gasteiger partial charge is 0.444 e. The molecule has 0 amide bonds. The molecule has 2 aromatic rings. The molecule has 1 heterocycles. The number of nitrogens with zero attached hydrogens (tertiary/aromatic N) is 1. The molecule has 0 bridgehead atoms. The van der Waals surface area contributed by atoms with Crippen molar-refractivity contribution in [1.82, 2.24) is 0 Å². The van der Waals surface area contributed by atoms with E-state index in [1.165, 1.54) is 24.0 Å². The first-order chi connectivity index (χ1) is 9.20. The minimum absolute atomic E-state index is 0.215. The second-order valence-electron chi connectivity index (χ2n) is 5.07. The minimum atomic E-state index is 0.215. The Hall–Kier alpha value is -2.21. The Morgan fingerprint density at radius 1 is 1.21 bits per heavy atom. The summed E-state index contributed by atoms with van der Waals surface area (Å²) in [4.78, 5) is 0. The first-order valence-electron chi connectivity index (χ1n) is 6.62. The maximum atomic E-state index is 9.22. The first-order valence-corrected chi connectivity index (χ1v) is 6.62. The molecule has 0 radical (unpaired) electrons. The smallest absolute Gasteiger partial charge is 0.209 e. The summed E-state index contributed by atoms with van der Waals surface area (Å²) in [5.74, 6) is 0.928. The van der Waals surface area contributed by atoms with Crippen molar-refractivity contribution in [3.63, 3.8) is 0 Å². The summed E-state index contributed by atoms with van der Waals surface area (Å²) in [6.07, 6.45) is 4.80. The molecule has 1 aromatic heterocycles. The van der Waals surface area contributed by atoms with E-state index in [-0.39, 0.29) is 5.88 Å². The predicted molar refractivity (Wildman–Crippen MR) is 74.7 cm³/mol. The van der Waals surface area contributed by atoms with Gasteiger partial charge in [-0.05, 0) is 49.3 Å². The molecule has 0 saturated carbocycles. The second-order valence-corrected chi connectivity index (χ2v) is 5.07. The quantitative estimate of drug-likeness (QED) is 0.843. The fraction of sp³-hybridized carbons (Fsp3) is 0.312. The molecule has 3 rings (SSSR count). The van der Waals surface area contributed by atoms with Gasteiger partial charge in [-0.15, -0.1) is 0 Å². The molecule has 2 N–H and O–H groups in total. The lowest BCUT2D eigenvalue weighted by molar-refractivity contribution is 0.554. The Bertz CT molecular complexity index is 677. The van der Waals surface area contributed by atoms with Gasteiger partial charge in [-0.2, -0.15) is 5.26 Å². The van der Waals surface area contributed by atoms with Crippen LogP contribution in [-0.2, 0) is 12.8 Å². The van der Waals surface area contributed by atoms with Crippen LogP contribution < -0.4 is 5.73 Å². The molecule has 0 saturated heterocycles. The Balaban J connectivity index is 2.15. The monoisotopic (exact) mass is 252 g/mol. The van der Waals surface area contributed by atoms with Gasteiger partial charge in [0, 0.05) is 5.56 Å². The van der Waals surface area contributed by atoms with Gasteiger partial charge >= 0.3 is 0 Å². The molecular formula is C16H16N2O. The van der Waals surface area contributed by atoms with Crippen molar-refractivity contribution in [2.75, 3.05) is 5.73 Å². The zero-order valence-corrected chi connectivity index (χ0v) is 11.0. The molecule has 0 spiro atoms. The number of furan rings is 1. The highest BCUT2D eigenvalue weighted by atomic mass is 16.4. The Labute approximate surface area is 112 Å². The van der Waals surface area contributed by atoms with Crippen LogP contribution in [0.15, 0.2) is 22.6 Å². The number of nitrogen functional groups attached to an aromatic ring is 1. The standard InChI is InChI=1S/C16H16N2O/c1-10-15(14(9-17)16(18)19-10)13-7-6-11-4-2-3-5-12(11)8-13/h6-8H,2-5,18H2,1H3. The normalized spacial score (nSPS) is 13.9. The molecule has 1 aliphatic rings. The molecule has 19 heavy (non-hydrogen) atoms. The number of anilines is 1. The van der Waals surface area contributed by atoms with E-state index in [1.54, 1.807) is 0 Å². The number of hydrogen-bond donors (Lipinski definition) is 1. The molecule has 1 aromatic carbocycles.